The Morgan fingerprint density at radius 3 is 2.61 bits per heavy atom. The molecule has 1 N–H and O–H groups in total. The second-order valence-corrected chi connectivity index (χ2v) is 5.42. The number of nitrogens with one attached hydrogen (secondary N) is 1. The van der Waals surface area contributed by atoms with Crippen molar-refractivity contribution >= 4 is 11.6 Å². The quantitative estimate of drug-likeness (QED) is 0.875. The van der Waals surface area contributed by atoms with E-state index in [1.807, 2.05) is 6.92 Å². The molecule has 1 aliphatic carbocycles. The fraction of sp³-hybridized carbons (Fsp3) is 0.357. The highest BCUT2D eigenvalue weighted by molar-refractivity contribution is 5.94. The van der Waals surface area contributed by atoms with Gasteiger partial charge in [-0.25, -0.2) is 4.39 Å². The van der Waals surface area contributed by atoms with E-state index in [-0.39, 0.29) is 34.8 Å². The summed E-state index contributed by atoms with van der Waals surface area (Å²) in [5, 5.41) is 5.63. The Morgan fingerprint density at radius 1 is 1.39 bits per heavy atom. The SMILES string of the molecule is CC1CC1C(=O)Nc1ccc(-c2noc(C(F)(F)F)n2)cc1F. The summed E-state index contributed by atoms with van der Waals surface area (Å²) in [5.41, 5.74) is -0.0306. The van der Waals surface area contributed by atoms with Gasteiger partial charge in [-0.05, 0) is 30.5 Å². The molecular formula is C14H11F4N3O2. The Kier molecular flexibility index (Phi) is 3.57. The number of hydrogen-bond donors (Lipinski definition) is 1. The van der Waals surface area contributed by atoms with E-state index >= 15 is 0 Å². The summed E-state index contributed by atoms with van der Waals surface area (Å²) in [6.45, 7) is 1.91. The number of rotatable bonds is 3. The van der Waals surface area contributed by atoms with E-state index in [1.165, 1.54) is 12.1 Å². The number of halogens is 4. The molecule has 23 heavy (non-hydrogen) atoms. The number of anilines is 1. The molecule has 1 fully saturated rings. The smallest absolute Gasteiger partial charge is 0.329 e. The second kappa shape index (κ2) is 5.32. The molecule has 1 heterocycles. The van der Waals surface area contributed by atoms with Crippen molar-refractivity contribution in [2.24, 2.45) is 11.8 Å². The molecule has 3 rings (SSSR count). The first-order chi connectivity index (χ1) is 10.8. The van der Waals surface area contributed by atoms with Crippen molar-refractivity contribution in [1.82, 2.24) is 10.1 Å². The number of carbonyl (C=O) groups excluding carboxylic acids is 1. The van der Waals surface area contributed by atoms with Gasteiger partial charge in [0.15, 0.2) is 0 Å². The van der Waals surface area contributed by atoms with Crippen molar-refractivity contribution in [3.63, 3.8) is 0 Å². The number of alkyl halides is 3. The first kappa shape index (κ1) is 15.4. The van der Waals surface area contributed by atoms with E-state index in [0.29, 0.717) is 0 Å². The van der Waals surface area contributed by atoms with Crippen LogP contribution in [0.25, 0.3) is 11.4 Å². The maximum Gasteiger partial charge on any atom is 0.471 e. The highest BCUT2D eigenvalue weighted by Gasteiger charge is 2.40. The van der Waals surface area contributed by atoms with Gasteiger partial charge in [-0.3, -0.25) is 4.79 Å². The summed E-state index contributed by atoms with van der Waals surface area (Å²) in [6.07, 6.45) is -4.01. The lowest BCUT2D eigenvalue weighted by molar-refractivity contribution is -0.159. The predicted octanol–water partition coefficient (Wildman–Crippen LogP) is 3.49. The molecule has 0 saturated heterocycles. The van der Waals surface area contributed by atoms with Crippen LogP contribution in [0.5, 0.6) is 0 Å². The fourth-order valence-electron chi connectivity index (χ4n) is 2.12. The average Bonchev–Trinajstić information content (AvgIpc) is 3.00. The molecule has 0 radical (unpaired) electrons. The van der Waals surface area contributed by atoms with Crippen molar-refractivity contribution in [3.8, 4) is 11.4 Å². The molecule has 0 aliphatic heterocycles. The van der Waals surface area contributed by atoms with Gasteiger partial charge < -0.3 is 9.84 Å². The third-order valence-electron chi connectivity index (χ3n) is 3.60. The van der Waals surface area contributed by atoms with Gasteiger partial charge in [0, 0.05) is 11.5 Å². The van der Waals surface area contributed by atoms with E-state index in [2.05, 4.69) is 20.0 Å². The Labute approximate surface area is 127 Å². The monoisotopic (exact) mass is 329 g/mol. The number of hydrogen-bond acceptors (Lipinski definition) is 4. The van der Waals surface area contributed by atoms with Crippen LogP contribution in [0.1, 0.15) is 19.2 Å². The van der Waals surface area contributed by atoms with Gasteiger partial charge >= 0.3 is 12.1 Å². The van der Waals surface area contributed by atoms with Gasteiger partial charge in [-0.1, -0.05) is 12.1 Å². The normalized spacial score (nSPS) is 20.4. The van der Waals surface area contributed by atoms with Crippen LogP contribution in [0.4, 0.5) is 23.2 Å². The third-order valence-corrected chi connectivity index (χ3v) is 3.60. The number of aromatic nitrogens is 2. The summed E-state index contributed by atoms with van der Waals surface area (Å²) in [4.78, 5) is 14.9. The Bertz CT molecular complexity index is 757. The molecule has 0 spiro atoms. The molecule has 2 aromatic rings. The van der Waals surface area contributed by atoms with Crippen molar-refractivity contribution in [2.45, 2.75) is 19.5 Å². The summed E-state index contributed by atoms with van der Waals surface area (Å²) in [7, 11) is 0. The molecule has 2 atom stereocenters. The van der Waals surface area contributed by atoms with Crippen LogP contribution in [0, 0.1) is 17.7 Å². The van der Waals surface area contributed by atoms with Gasteiger partial charge in [-0.2, -0.15) is 18.2 Å². The highest BCUT2D eigenvalue weighted by atomic mass is 19.4. The van der Waals surface area contributed by atoms with Gasteiger partial charge in [0.1, 0.15) is 5.82 Å². The van der Waals surface area contributed by atoms with Gasteiger partial charge in [-0.15, -0.1) is 0 Å². The number of amides is 1. The Morgan fingerprint density at radius 2 is 2.09 bits per heavy atom. The van der Waals surface area contributed by atoms with Crippen LogP contribution in [0.3, 0.4) is 0 Å². The van der Waals surface area contributed by atoms with Gasteiger partial charge in [0.05, 0.1) is 5.69 Å². The van der Waals surface area contributed by atoms with Crippen molar-refractivity contribution in [2.75, 3.05) is 5.32 Å². The minimum Gasteiger partial charge on any atom is -0.329 e. The van der Waals surface area contributed by atoms with Crippen LogP contribution in [-0.2, 0) is 11.0 Å². The summed E-state index contributed by atoms with van der Waals surface area (Å²) in [5.74, 6) is -2.80. The predicted molar refractivity (Wildman–Crippen MR) is 70.6 cm³/mol. The second-order valence-electron chi connectivity index (χ2n) is 5.42. The fourth-order valence-corrected chi connectivity index (χ4v) is 2.12. The molecular weight excluding hydrogens is 318 g/mol. The zero-order valence-electron chi connectivity index (χ0n) is 11.8. The van der Waals surface area contributed by atoms with Crippen LogP contribution in [0.15, 0.2) is 22.7 Å². The lowest BCUT2D eigenvalue weighted by atomic mass is 10.2. The molecule has 5 nitrogen and oxygen atoms in total. The highest BCUT2D eigenvalue weighted by Crippen LogP contribution is 2.38. The van der Waals surface area contributed by atoms with Gasteiger partial charge in [0.2, 0.25) is 11.7 Å². The molecule has 1 saturated carbocycles. The van der Waals surface area contributed by atoms with Crippen molar-refractivity contribution < 1.29 is 26.9 Å². The average molecular weight is 329 g/mol. The number of carbonyl (C=O) groups is 1. The summed E-state index contributed by atoms with van der Waals surface area (Å²) >= 11 is 0. The molecule has 1 aromatic carbocycles. The zero-order valence-corrected chi connectivity index (χ0v) is 11.8. The van der Waals surface area contributed by atoms with Crippen molar-refractivity contribution in [3.05, 3.63) is 29.9 Å². The summed E-state index contributed by atoms with van der Waals surface area (Å²) in [6, 6.07) is 3.50. The van der Waals surface area contributed by atoms with Gasteiger partial charge in [0.25, 0.3) is 0 Å². The molecule has 1 aliphatic rings. The van der Waals surface area contributed by atoms with Crippen LogP contribution < -0.4 is 5.32 Å². The maximum absolute atomic E-state index is 14.0. The van der Waals surface area contributed by atoms with E-state index < -0.39 is 17.9 Å². The number of benzene rings is 1. The topological polar surface area (TPSA) is 68.0 Å². The maximum atomic E-state index is 14.0. The molecule has 1 amide bonds. The first-order valence-electron chi connectivity index (χ1n) is 6.77. The molecule has 122 valence electrons. The zero-order chi connectivity index (χ0) is 16.8. The van der Waals surface area contributed by atoms with E-state index in [9.17, 15) is 22.4 Å². The number of nitrogens with zero attached hydrogens (tertiary/aromatic N) is 2. The first-order valence-corrected chi connectivity index (χ1v) is 6.77. The van der Waals surface area contributed by atoms with E-state index in [4.69, 9.17) is 0 Å². The van der Waals surface area contributed by atoms with E-state index in [0.717, 1.165) is 12.5 Å². The minimum absolute atomic E-state index is 0.0135. The molecule has 9 heteroatoms. The Balaban J connectivity index is 1.79. The standard InChI is InChI=1S/C14H11F4N3O2/c1-6-4-8(6)12(22)19-10-3-2-7(5-9(10)15)11-20-13(23-21-11)14(16,17)18/h2-3,5-6,8H,4H2,1H3,(H,19,22). The lowest BCUT2D eigenvalue weighted by Crippen LogP contribution is -2.15. The lowest BCUT2D eigenvalue weighted by Gasteiger charge is -2.06. The molecule has 1 aromatic heterocycles. The van der Waals surface area contributed by atoms with Crippen LogP contribution in [0.2, 0.25) is 0 Å². The Hall–Kier alpha value is -2.45. The third kappa shape index (κ3) is 3.17. The minimum atomic E-state index is -4.77. The molecule has 0 bridgehead atoms. The summed E-state index contributed by atoms with van der Waals surface area (Å²) < 4.78 is 55.3. The largest absolute Gasteiger partial charge is 0.471 e. The molecule has 2 unspecified atom stereocenters. The van der Waals surface area contributed by atoms with Crippen molar-refractivity contribution in [1.29, 1.82) is 0 Å². The van der Waals surface area contributed by atoms with Crippen LogP contribution >= 0.6 is 0 Å². The van der Waals surface area contributed by atoms with Crippen LogP contribution in [-0.4, -0.2) is 16.0 Å². The van der Waals surface area contributed by atoms with E-state index in [1.54, 1.807) is 0 Å².